The average Bonchev–Trinajstić information content (AvgIpc) is 2.20. The summed E-state index contributed by atoms with van der Waals surface area (Å²) < 4.78 is 0. The van der Waals surface area contributed by atoms with Crippen molar-refractivity contribution in [3.05, 3.63) is 34.3 Å². The third kappa shape index (κ3) is 4.19. The summed E-state index contributed by atoms with van der Waals surface area (Å²) in [5, 5.41) is 9.17. The lowest BCUT2D eigenvalue weighted by Gasteiger charge is -2.08. The molecule has 0 aliphatic heterocycles. The molecule has 3 nitrogen and oxygen atoms in total. The number of benzene rings is 1. The van der Waals surface area contributed by atoms with E-state index in [0.717, 1.165) is 5.56 Å². The van der Waals surface area contributed by atoms with Crippen LogP contribution in [-0.4, -0.2) is 16.9 Å². The molecule has 1 rings (SSSR count). The molecule has 0 aliphatic rings. The molecule has 0 heterocycles. The summed E-state index contributed by atoms with van der Waals surface area (Å²) in [7, 11) is 0. The molecule has 4 heteroatoms. The van der Waals surface area contributed by atoms with Crippen LogP contribution in [0.1, 0.15) is 35.7 Å². The third-order valence-corrected chi connectivity index (χ3v) is 2.96. The quantitative estimate of drug-likeness (QED) is 0.820. The predicted octanol–water partition coefficient (Wildman–Crippen LogP) is 3.33. The second kappa shape index (κ2) is 5.82. The van der Waals surface area contributed by atoms with Gasteiger partial charge in [0.1, 0.15) is 0 Å². The molecule has 0 fully saturated rings. The van der Waals surface area contributed by atoms with E-state index in [1.807, 2.05) is 6.92 Å². The van der Waals surface area contributed by atoms with Crippen LogP contribution in [0.5, 0.6) is 0 Å². The number of rotatable bonds is 5. The van der Waals surface area contributed by atoms with Crippen LogP contribution in [0.15, 0.2) is 18.2 Å². The van der Waals surface area contributed by atoms with E-state index in [0.29, 0.717) is 10.6 Å². The highest BCUT2D eigenvalue weighted by Crippen LogP contribution is 2.19. The van der Waals surface area contributed by atoms with Crippen LogP contribution in [0.4, 0.5) is 0 Å². The van der Waals surface area contributed by atoms with Gasteiger partial charge in [-0.1, -0.05) is 30.7 Å². The van der Waals surface area contributed by atoms with Crippen LogP contribution >= 0.6 is 11.6 Å². The maximum atomic E-state index is 11.8. The monoisotopic (exact) mass is 254 g/mol. The van der Waals surface area contributed by atoms with Crippen molar-refractivity contribution >= 4 is 23.4 Å². The predicted molar refractivity (Wildman–Crippen MR) is 66.6 cm³/mol. The van der Waals surface area contributed by atoms with Gasteiger partial charge in [0.15, 0.2) is 5.78 Å². The standard InChI is InChI=1S/C13H15ClO3/c1-8(6-13(16)17)5-12(15)10-4-3-9(2)11(14)7-10/h3-4,7-8H,5-6H2,1-2H3,(H,16,17). The van der Waals surface area contributed by atoms with Gasteiger partial charge in [-0.3, -0.25) is 9.59 Å². The number of carboxylic acid groups (broad SMARTS) is 1. The minimum Gasteiger partial charge on any atom is -0.481 e. The SMILES string of the molecule is Cc1ccc(C(=O)CC(C)CC(=O)O)cc1Cl. The lowest BCUT2D eigenvalue weighted by molar-refractivity contribution is -0.137. The molecule has 1 unspecified atom stereocenters. The molecule has 0 aromatic heterocycles. The summed E-state index contributed by atoms with van der Waals surface area (Å²) in [4.78, 5) is 22.3. The van der Waals surface area contributed by atoms with Gasteiger partial charge in [0, 0.05) is 23.4 Å². The number of hydrogen-bond acceptors (Lipinski definition) is 2. The van der Waals surface area contributed by atoms with Crippen LogP contribution in [0, 0.1) is 12.8 Å². The van der Waals surface area contributed by atoms with Crippen molar-refractivity contribution in [3.8, 4) is 0 Å². The number of Topliss-reactive ketones (excluding diaryl/α,β-unsaturated/α-hetero) is 1. The van der Waals surface area contributed by atoms with Gasteiger partial charge >= 0.3 is 5.97 Å². The highest BCUT2D eigenvalue weighted by molar-refractivity contribution is 6.31. The van der Waals surface area contributed by atoms with Gasteiger partial charge in [-0.25, -0.2) is 0 Å². The molecule has 0 bridgehead atoms. The number of carbonyl (C=O) groups is 2. The number of hydrogen-bond donors (Lipinski definition) is 1. The number of carboxylic acids is 1. The Morgan fingerprint density at radius 2 is 2.00 bits per heavy atom. The van der Waals surface area contributed by atoms with E-state index in [9.17, 15) is 9.59 Å². The van der Waals surface area contributed by atoms with E-state index >= 15 is 0 Å². The molecule has 17 heavy (non-hydrogen) atoms. The minimum atomic E-state index is -0.882. The number of carbonyl (C=O) groups excluding carboxylic acids is 1. The summed E-state index contributed by atoms with van der Waals surface area (Å²) in [6, 6.07) is 5.14. The van der Waals surface area contributed by atoms with E-state index in [2.05, 4.69) is 0 Å². The normalized spacial score (nSPS) is 12.2. The number of halogens is 1. The highest BCUT2D eigenvalue weighted by Gasteiger charge is 2.14. The van der Waals surface area contributed by atoms with Gasteiger partial charge in [-0.05, 0) is 24.5 Å². The number of ketones is 1. The fourth-order valence-corrected chi connectivity index (χ4v) is 1.75. The van der Waals surface area contributed by atoms with E-state index in [4.69, 9.17) is 16.7 Å². The molecule has 0 spiro atoms. The molecular formula is C13H15ClO3. The lowest BCUT2D eigenvalue weighted by Crippen LogP contribution is -2.10. The van der Waals surface area contributed by atoms with E-state index in [1.165, 1.54) is 0 Å². The van der Waals surface area contributed by atoms with Gasteiger partial charge in [-0.15, -0.1) is 0 Å². The first-order chi connectivity index (χ1) is 7.90. The van der Waals surface area contributed by atoms with Crippen LogP contribution < -0.4 is 0 Å². The van der Waals surface area contributed by atoms with E-state index in [1.54, 1.807) is 25.1 Å². The maximum absolute atomic E-state index is 11.8. The van der Waals surface area contributed by atoms with Crippen molar-refractivity contribution in [1.82, 2.24) is 0 Å². The molecule has 0 amide bonds. The first kappa shape index (κ1) is 13.7. The zero-order valence-corrected chi connectivity index (χ0v) is 10.6. The summed E-state index contributed by atoms with van der Waals surface area (Å²) in [6.45, 7) is 3.62. The van der Waals surface area contributed by atoms with Crippen molar-refractivity contribution in [1.29, 1.82) is 0 Å². The maximum Gasteiger partial charge on any atom is 0.303 e. The van der Waals surface area contributed by atoms with Crippen LogP contribution in [0.25, 0.3) is 0 Å². The Bertz CT molecular complexity index is 440. The topological polar surface area (TPSA) is 54.4 Å². The summed E-state index contributed by atoms with van der Waals surface area (Å²) in [6.07, 6.45) is 0.233. The smallest absolute Gasteiger partial charge is 0.303 e. The molecule has 1 N–H and O–H groups in total. The number of aryl methyl sites for hydroxylation is 1. The third-order valence-electron chi connectivity index (χ3n) is 2.55. The molecule has 0 saturated heterocycles. The molecule has 1 atom stereocenters. The Labute approximate surface area is 105 Å². The van der Waals surface area contributed by atoms with Crippen molar-refractivity contribution in [3.63, 3.8) is 0 Å². The first-order valence-corrected chi connectivity index (χ1v) is 5.79. The van der Waals surface area contributed by atoms with Crippen LogP contribution in [0.3, 0.4) is 0 Å². The molecular weight excluding hydrogens is 240 g/mol. The summed E-state index contributed by atoms with van der Waals surface area (Å²) >= 11 is 5.93. The van der Waals surface area contributed by atoms with Gasteiger partial charge < -0.3 is 5.11 Å². The average molecular weight is 255 g/mol. The van der Waals surface area contributed by atoms with Crippen molar-refractivity contribution in [2.45, 2.75) is 26.7 Å². The first-order valence-electron chi connectivity index (χ1n) is 5.41. The van der Waals surface area contributed by atoms with Crippen molar-refractivity contribution < 1.29 is 14.7 Å². The molecule has 0 aliphatic carbocycles. The van der Waals surface area contributed by atoms with Crippen LogP contribution in [-0.2, 0) is 4.79 Å². The Balaban J connectivity index is 2.70. The van der Waals surface area contributed by atoms with Crippen molar-refractivity contribution in [2.75, 3.05) is 0 Å². The Hall–Kier alpha value is -1.35. The Kier molecular flexibility index (Phi) is 4.70. The molecule has 1 aromatic carbocycles. The van der Waals surface area contributed by atoms with E-state index < -0.39 is 5.97 Å². The molecule has 1 aromatic rings. The second-order valence-electron chi connectivity index (χ2n) is 4.29. The highest BCUT2D eigenvalue weighted by atomic mass is 35.5. The van der Waals surface area contributed by atoms with E-state index in [-0.39, 0.29) is 24.5 Å². The lowest BCUT2D eigenvalue weighted by atomic mass is 9.97. The molecule has 0 radical (unpaired) electrons. The minimum absolute atomic E-state index is 0.00529. The zero-order chi connectivity index (χ0) is 13.0. The Morgan fingerprint density at radius 1 is 1.35 bits per heavy atom. The summed E-state index contributed by atoms with van der Waals surface area (Å²) in [5.41, 5.74) is 1.46. The molecule has 0 saturated carbocycles. The zero-order valence-electron chi connectivity index (χ0n) is 9.87. The van der Waals surface area contributed by atoms with Gasteiger partial charge in [0.25, 0.3) is 0 Å². The van der Waals surface area contributed by atoms with Crippen molar-refractivity contribution in [2.24, 2.45) is 5.92 Å². The van der Waals surface area contributed by atoms with Gasteiger partial charge in [0.05, 0.1) is 0 Å². The largest absolute Gasteiger partial charge is 0.481 e. The second-order valence-corrected chi connectivity index (χ2v) is 4.70. The van der Waals surface area contributed by atoms with Gasteiger partial charge in [-0.2, -0.15) is 0 Å². The summed E-state index contributed by atoms with van der Waals surface area (Å²) in [5.74, 6) is -1.12. The Morgan fingerprint density at radius 3 is 2.53 bits per heavy atom. The fourth-order valence-electron chi connectivity index (χ4n) is 1.57. The molecule has 92 valence electrons. The fraction of sp³-hybridized carbons (Fsp3) is 0.385. The van der Waals surface area contributed by atoms with Crippen LogP contribution in [0.2, 0.25) is 5.02 Å². The number of aliphatic carboxylic acids is 1. The van der Waals surface area contributed by atoms with Gasteiger partial charge in [0.2, 0.25) is 0 Å².